The molecule has 0 aromatic carbocycles. The molecular weight excluding hydrogens is 358 g/mol. The molecule has 0 bridgehead atoms. The van der Waals surface area contributed by atoms with E-state index in [1.807, 2.05) is 11.5 Å². The molecule has 0 radical (unpaired) electrons. The maximum Gasteiger partial charge on any atom is 0.321 e. The highest BCUT2D eigenvalue weighted by Gasteiger charge is 2.23. The van der Waals surface area contributed by atoms with Crippen molar-refractivity contribution in [3.63, 3.8) is 0 Å². The van der Waals surface area contributed by atoms with Crippen LogP contribution in [0.15, 0.2) is 9.95 Å². The van der Waals surface area contributed by atoms with E-state index in [4.69, 9.17) is 10.8 Å². The van der Waals surface area contributed by atoms with Crippen LogP contribution in [0.25, 0.3) is 11.2 Å². The van der Waals surface area contributed by atoms with Crippen molar-refractivity contribution in [2.24, 2.45) is 12.8 Å². The number of fused-ring (bicyclic) bond motifs is 1. The number of aliphatic carboxylic acids is 1. The van der Waals surface area contributed by atoms with Crippen LogP contribution in [0.2, 0.25) is 0 Å². The monoisotopic (exact) mass is 381 g/mol. The number of thioether (sulfide) groups is 1. The number of rotatable bonds is 6. The summed E-state index contributed by atoms with van der Waals surface area (Å²) in [6.07, 6.45) is 0. The first kappa shape index (κ1) is 18.7. The molecule has 11 heteroatoms. The van der Waals surface area contributed by atoms with Crippen LogP contribution < -0.4 is 21.5 Å². The first-order valence-corrected chi connectivity index (χ1v) is 9.46. The Morgan fingerprint density at radius 3 is 2.69 bits per heavy atom. The molecule has 2 aromatic rings. The second-order valence-electron chi connectivity index (χ2n) is 6.08. The fourth-order valence-corrected chi connectivity index (χ4v) is 3.80. The fraction of sp³-hybridized carbons (Fsp3) is 0.600. The molecular formula is C15H23N7O3S. The molecule has 1 fully saturated rings. The molecule has 0 unspecified atom stereocenters. The van der Waals surface area contributed by atoms with Gasteiger partial charge in [-0.05, 0) is 6.92 Å². The summed E-state index contributed by atoms with van der Waals surface area (Å²) in [4.78, 5) is 35.0. The van der Waals surface area contributed by atoms with E-state index >= 15 is 0 Å². The number of hydrogen-bond donors (Lipinski definition) is 3. The lowest BCUT2D eigenvalue weighted by atomic mass is 10.4. The second-order valence-corrected chi connectivity index (χ2v) is 7.07. The molecule has 3 heterocycles. The SMILES string of the molecule is CCn1c(N2CCNCC2)nc2nc(SC[C@H](N)C(=O)O)n(C)c(=O)c21. The molecule has 2 aromatic heterocycles. The predicted octanol–water partition coefficient (Wildman–Crippen LogP) is -0.936. The van der Waals surface area contributed by atoms with Gasteiger partial charge < -0.3 is 25.6 Å². The minimum Gasteiger partial charge on any atom is -0.480 e. The Morgan fingerprint density at radius 1 is 1.38 bits per heavy atom. The van der Waals surface area contributed by atoms with E-state index in [2.05, 4.69) is 20.2 Å². The number of anilines is 1. The van der Waals surface area contributed by atoms with Gasteiger partial charge in [0.25, 0.3) is 5.56 Å². The van der Waals surface area contributed by atoms with E-state index in [0.29, 0.717) is 22.9 Å². The number of nitrogens with zero attached hydrogens (tertiary/aromatic N) is 5. The van der Waals surface area contributed by atoms with Crippen molar-refractivity contribution in [2.45, 2.75) is 24.7 Å². The number of aromatic nitrogens is 4. The third-order valence-electron chi connectivity index (χ3n) is 4.35. The van der Waals surface area contributed by atoms with E-state index < -0.39 is 12.0 Å². The number of piperazine rings is 1. The van der Waals surface area contributed by atoms with Gasteiger partial charge in [0.1, 0.15) is 6.04 Å². The number of nitrogens with one attached hydrogen (secondary N) is 1. The fourth-order valence-electron chi connectivity index (χ4n) is 2.90. The van der Waals surface area contributed by atoms with Gasteiger partial charge in [-0.2, -0.15) is 4.98 Å². The number of nitrogens with two attached hydrogens (primary N) is 1. The van der Waals surface area contributed by atoms with Crippen molar-refractivity contribution in [3.05, 3.63) is 10.4 Å². The average molecular weight is 381 g/mol. The smallest absolute Gasteiger partial charge is 0.321 e. The van der Waals surface area contributed by atoms with Crippen LogP contribution in [0.3, 0.4) is 0 Å². The highest BCUT2D eigenvalue weighted by molar-refractivity contribution is 7.99. The number of hydrogen-bond acceptors (Lipinski definition) is 8. The van der Waals surface area contributed by atoms with Gasteiger partial charge in [-0.3, -0.25) is 14.2 Å². The minimum absolute atomic E-state index is 0.125. The van der Waals surface area contributed by atoms with Gasteiger partial charge in [0.15, 0.2) is 16.3 Å². The molecule has 26 heavy (non-hydrogen) atoms. The zero-order valence-electron chi connectivity index (χ0n) is 14.8. The summed E-state index contributed by atoms with van der Waals surface area (Å²) in [6, 6.07) is -1.02. The standard InChI is InChI=1S/C15H23N7O3S/c1-3-22-10-11(18-14(22)21-6-4-17-5-7-21)19-15(20(2)12(10)23)26-8-9(16)13(24)25/h9,17H,3-8,16H2,1-2H3,(H,24,25)/t9-/m0/s1. The summed E-state index contributed by atoms with van der Waals surface area (Å²) in [6.45, 7) is 5.96. The van der Waals surface area contributed by atoms with Crippen molar-refractivity contribution in [1.29, 1.82) is 0 Å². The van der Waals surface area contributed by atoms with Crippen LogP contribution in [0, 0.1) is 0 Å². The van der Waals surface area contributed by atoms with Gasteiger partial charge in [-0.15, -0.1) is 0 Å². The van der Waals surface area contributed by atoms with E-state index in [1.165, 1.54) is 4.57 Å². The summed E-state index contributed by atoms with van der Waals surface area (Å²) >= 11 is 1.14. The topological polar surface area (TPSA) is 131 Å². The molecule has 142 valence electrons. The van der Waals surface area contributed by atoms with Crippen LogP contribution in [-0.2, 0) is 18.4 Å². The van der Waals surface area contributed by atoms with Gasteiger partial charge in [-0.1, -0.05) is 11.8 Å². The maximum absolute atomic E-state index is 12.9. The van der Waals surface area contributed by atoms with Gasteiger partial charge in [0, 0.05) is 45.5 Å². The number of carboxylic acid groups (broad SMARTS) is 1. The summed E-state index contributed by atoms with van der Waals surface area (Å²) in [7, 11) is 1.63. The lowest BCUT2D eigenvalue weighted by Gasteiger charge is -2.28. The maximum atomic E-state index is 12.9. The average Bonchev–Trinajstić information content (AvgIpc) is 3.02. The molecule has 1 aliphatic heterocycles. The lowest BCUT2D eigenvalue weighted by Crippen LogP contribution is -2.44. The van der Waals surface area contributed by atoms with Gasteiger partial charge in [0.2, 0.25) is 5.95 Å². The number of aryl methyl sites for hydroxylation is 1. The molecule has 0 amide bonds. The van der Waals surface area contributed by atoms with Crippen LogP contribution in [-0.4, -0.2) is 68.2 Å². The van der Waals surface area contributed by atoms with E-state index in [9.17, 15) is 9.59 Å². The molecule has 3 rings (SSSR count). The van der Waals surface area contributed by atoms with Crippen LogP contribution in [0.5, 0.6) is 0 Å². The van der Waals surface area contributed by atoms with Gasteiger partial charge >= 0.3 is 5.97 Å². The third kappa shape index (κ3) is 3.41. The molecule has 0 spiro atoms. The first-order valence-electron chi connectivity index (χ1n) is 8.48. The quantitative estimate of drug-likeness (QED) is 0.429. The van der Waals surface area contributed by atoms with Crippen LogP contribution >= 0.6 is 11.8 Å². The summed E-state index contributed by atoms with van der Waals surface area (Å²) < 4.78 is 3.32. The van der Waals surface area contributed by atoms with Crippen molar-refractivity contribution in [1.82, 2.24) is 24.4 Å². The van der Waals surface area contributed by atoms with Crippen molar-refractivity contribution >= 4 is 34.8 Å². The molecule has 1 saturated heterocycles. The summed E-state index contributed by atoms with van der Waals surface area (Å²) in [5.74, 6) is -0.210. The molecule has 1 atom stereocenters. The Labute approximate surface area is 154 Å². The summed E-state index contributed by atoms with van der Waals surface area (Å²) in [5.41, 5.74) is 6.20. The van der Waals surface area contributed by atoms with Crippen molar-refractivity contribution in [3.8, 4) is 0 Å². The first-order chi connectivity index (χ1) is 12.4. The Kier molecular flexibility index (Phi) is 5.49. The molecule has 1 aliphatic rings. The van der Waals surface area contributed by atoms with Crippen molar-refractivity contribution < 1.29 is 9.90 Å². The molecule has 0 aliphatic carbocycles. The van der Waals surface area contributed by atoms with Crippen LogP contribution in [0.4, 0.5) is 5.95 Å². The molecule has 4 N–H and O–H groups in total. The Morgan fingerprint density at radius 2 is 2.08 bits per heavy atom. The number of carboxylic acids is 1. The zero-order valence-corrected chi connectivity index (χ0v) is 15.6. The Bertz CT molecular complexity index is 872. The normalized spacial score (nSPS) is 16.2. The van der Waals surface area contributed by atoms with Crippen molar-refractivity contribution in [2.75, 3.05) is 36.8 Å². The van der Waals surface area contributed by atoms with Gasteiger partial charge in [-0.25, -0.2) is 4.98 Å². The largest absolute Gasteiger partial charge is 0.480 e. The minimum atomic E-state index is -1.08. The second kappa shape index (κ2) is 7.64. The molecule has 10 nitrogen and oxygen atoms in total. The zero-order chi connectivity index (χ0) is 18.8. The highest BCUT2D eigenvalue weighted by atomic mass is 32.2. The Balaban J connectivity index is 2.02. The van der Waals surface area contributed by atoms with E-state index in [0.717, 1.165) is 43.9 Å². The van der Waals surface area contributed by atoms with Gasteiger partial charge in [0.05, 0.1) is 0 Å². The number of imidazole rings is 1. The highest BCUT2D eigenvalue weighted by Crippen LogP contribution is 2.22. The summed E-state index contributed by atoms with van der Waals surface area (Å²) in [5, 5.41) is 12.6. The van der Waals surface area contributed by atoms with Crippen LogP contribution in [0.1, 0.15) is 6.92 Å². The van der Waals surface area contributed by atoms with E-state index in [-0.39, 0.29) is 11.3 Å². The third-order valence-corrected chi connectivity index (χ3v) is 5.50. The predicted molar refractivity (Wildman–Crippen MR) is 99.9 cm³/mol. The van der Waals surface area contributed by atoms with E-state index in [1.54, 1.807) is 7.05 Å². The Hall–Kier alpha value is -2.11. The lowest BCUT2D eigenvalue weighted by molar-refractivity contribution is -0.137. The number of carbonyl (C=O) groups is 1. The molecule has 0 saturated carbocycles.